The molecule has 1 aromatic carbocycles. The van der Waals surface area contributed by atoms with E-state index in [4.69, 9.17) is 28.3 Å². The molecule has 94 valence electrons. The zero-order valence-electron chi connectivity index (χ0n) is 9.08. The molecule has 0 atom stereocenters. The van der Waals surface area contributed by atoms with E-state index in [2.05, 4.69) is 5.32 Å². The first-order chi connectivity index (χ1) is 8.13. The molecule has 0 aromatic heterocycles. The largest absolute Gasteiger partial charge is 0.387 e. The average Bonchev–Trinajstić information content (AvgIpc) is 2.30. The van der Waals surface area contributed by atoms with E-state index in [-0.39, 0.29) is 5.91 Å². The number of aliphatic hydroxyl groups excluding tert-OH is 1. The van der Waals surface area contributed by atoms with Crippen molar-refractivity contribution in [3.05, 3.63) is 33.8 Å². The number of hydrogen-bond acceptors (Lipinski definition) is 3. The molecule has 0 radical (unpaired) electrons. The number of halogens is 2. The summed E-state index contributed by atoms with van der Waals surface area (Å²) in [7, 11) is 0. The van der Waals surface area contributed by atoms with Gasteiger partial charge < -0.3 is 10.4 Å². The summed E-state index contributed by atoms with van der Waals surface area (Å²) in [4.78, 5) is 10.7. The quantitative estimate of drug-likeness (QED) is 0.792. The maximum atomic E-state index is 10.7. The summed E-state index contributed by atoms with van der Waals surface area (Å²) in [5, 5.41) is 12.3. The lowest BCUT2D eigenvalue weighted by Gasteiger charge is -2.05. The highest BCUT2D eigenvalue weighted by Crippen LogP contribution is 2.24. The molecule has 1 aromatic rings. The Kier molecular flexibility index (Phi) is 6.73. The van der Waals surface area contributed by atoms with Crippen molar-refractivity contribution in [2.75, 3.05) is 18.9 Å². The van der Waals surface area contributed by atoms with Crippen molar-refractivity contribution in [1.82, 2.24) is 5.32 Å². The summed E-state index contributed by atoms with van der Waals surface area (Å²) in [5.41, 5.74) is 1.02. The van der Waals surface area contributed by atoms with Crippen molar-refractivity contribution >= 4 is 40.9 Å². The highest BCUT2D eigenvalue weighted by molar-refractivity contribution is 7.98. The summed E-state index contributed by atoms with van der Waals surface area (Å²) >= 11 is 13.5. The number of benzene rings is 1. The van der Waals surface area contributed by atoms with Gasteiger partial charge in [0, 0.05) is 28.1 Å². The van der Waals surface area contributed by atoms with Gasteiger partial charge in [-0.05, 0) is 17.7 Å². The third-order valence-electron chi connectivity index (χ3n) is 1.98. The van der Waals surface area contributed by atoms with E-state index in [9.17, 15) is 4.79 Å². The summed E-state index contributed by atoms with van der Waals surface area (Å²) in [6.45, 7) is 0.0724. The van der Waals surface area contributed by atoms with Crippen LogP contribution in [0, 0.1) is 0 Å². The molecule has 2 N–H and O–H groups in total. The number of hydrogen-bond donors (Lipinski definition) is 2. The van der Waals surface area contributed by atoms with E-state index in [0.29, 0.717) is 16.6 Å². The molecule has 0 heterocycles. The maximum absolute atomic E-state index is 10.7. The van der Waals surface area contributed by atoms with Crippen LogP contribution >= 0.6 is 35.0 Å². The van der Waals surface area contributed by atoms with Crippen LogP contribution in [0.5, 0.6) is 0 Å². The first-order valence-corrected chi connectivity index (χ1v) is 6.93. The lowest BCUT2D eigenvalue weighted by Crippen LogP contribution is -2.28. The van der Waals surface area contributed by atoms with Crippen LogP contribution in [0.25, 0.3) is 0 Å². The van der Waals surface area contributed by atoms with Crippen LogP contribution in [-0.2, 0) is 10.5 Å². The van der Waals surface area contributed by atoms with E-state index in [1.165, 1.54) is 0 Å². The molecule has 0 aliphatic rings. The Balaban J connectivity index is 2.24. The lowest BCUT2D eigenvalue weighted by molar-refractivity contribution is -0.123. The third kappa shape index (κ3) is 5.64. The highest BCUT2D eigenvalue weighted by atomic mass is 35.5. The second-order valence-corrected chi connectivity index (χ2v) is 5.25. The Morgan fingerprint density at radius 3 is 2.82 bits per heavy atom. The number of carbonyl (C=O) groups excluding carboxylic acids is 1. The van der Waals surface area contributed by atoms with Gasteiger partial charge in [-0.3, -0.25) is 4.79 Å². The topological polar surface area (TPSA) is 49.3 Å². The van der Waals surface area contributed by atoms with E-state index in [0.717, 1.165) is 17.1 Å². The zero-order chi connectivity index (χ0) is 12.7. The number of amides is 1. The Morgan fingerprint density at radius 1 is 1.41 bits per heavy atom. The van der Waals surface area contributed by atoms with Gasteiger partial charge in [-0.1, -0.05) is 29.3 Å². The molecule has 6 heteroatoms. The second-order valence-electron chi connectivity index (χ2n) is 3.30. The normalized spacial score (nSPS) is 10.3. The second kappa shape index (κ2) is 7.82. The molecular weight excluding hydrogens is 281 g/mol. The van der Waals surface area contributed by atoms with Crippen LogP contribution in [0.2, 0.25) is 10.0 Å². The van der Waals surface area contributed by atoms with E-state index >= 15 is 0 Å². The SMILES string of the molecule is O=C(CO)NCCSCc1ccc(Cl)cc1Cl. The van der Waals surface area contributed by atoms with Gasteiger partial charge in [-0.15, -0.1) is 0 Å². The van der Waals surface area contributed by atoms with Crippen LogP contribution in [-0.4, -0.2) is 29.9 Å². The van der Waals surface area contributed by atoms with Crippen LogP contribution in [0.4, 0.5) is 0 Å². The van der Waals surface area contributed by atoms with Crippen LogP contribution in [0.1, 0.15) is 5.56 Å². The number of carbonyl (C=O) groups is 1. The Hall–Kier alpha value is -0.420. The van der Waals surface area contributed by atoms with E-state index in [1.807, 2.05) is 6.07 Å². The van der Waals surface area contributed by atoms with Crippen molar-refractivity contribution in [3.63, 3.8) is 0 Å². The fraction of sp³-hybridized carbons (Fsp3) is 0.364. The molecule has 1 rings (SSSR count). The van der Waals surface area contributed by atoms with Crippen LogP contribution in [0.15, 0.2) is 18.2 Å². The zero-order valence-corrected chi connectivity index (χ0v) is 11.4. The Bertz CT molecular complexity index is 388. The molecular formula is C11H13Cl2NO2S. The fourth-order valence-corrected chi connectivity index (χ4v) is 2.56. The van der Waals surface area contributed by atoms with Gasteiger partial charge in [0.05, 0.1) is 0 Å². The van der Waals surface area contributed by atoms with Gasteiger partial charge in [-0.25, -0.2) is 0 Å². The van der Waals surface area contributed by atoms with E-state index in [1.54, 1.807) is 23.9 Å². The minimum atomic E-state index is -0.465. The predicted octanol–water partition coefficient (Wildman–Crippen LogP) is 2.34. The minimum Gasteiger partial charge on any atom is -0.387 e. The Morgan fingerprint density at radius 2 is 2.18 bits per heavy atom. The number of rotatable bonds is 6. The smallest absolute Gasteiger partial charge is 0.245 e. The molecule has 0 fully saturated rings. The lowest BCUT2D eigenvalue weighted by atomic mass is 10.2. The molecule has 0 unspecified atom stereocenters. The molecule has 17 heavy (non-hydrogen) atoms. The summed E-state index contributed by atoms with van der Waals surface area (Å²) < 4.78 is 0. The van der Waals surface area contributed by atoms with E-state index < -0.39 is 6.61 Å². The summed E-state index contributed by atoms with van der Waals surface area (Å²) in [5.74, 6) is 1.19. The summed E-state index contributed by atoms with van der Waals surface area (Å²) in [6.07, 6.45) is 0. The molecule has 0 aliphatic carbocycles. The molecule has 0 aliphatic heterocycles. The monoisotopic (exact) mass is 293 g/mol. The average molecular weight is 294 g/mol. The number of nitrogens with one attached hydrogen (secondary N) is 1. The minimum absolute atomic E-state index is 0.352. The van der Waals surface area contributed by atoms with Crippen LogP contribution < -0.4 is 5.32 Å². The molecule has 0 saturated carbocycles. The molecule has 0 spiro atoms. The van der Waals surface area contributed by atoms with Gasteiger partial charge in [0.15, 0.2) is 0 Å². The van der Waals surface area contributed by atoms with Crippen molar-refractivity contribution < 1.29 is 9.90 Å². The van der Waals surface area contributed by atoms with Crippen molar-refractivity contribution in [2.45, 2.75) is 5.75 Å². The predicted molar refractivity (Wildman–Crippen MR) is 72.7 cm³/mol. The Labute approximate surface area is 114 Å². The fourth-order valence-electron chi connectivity index (χ4n) is 1.14. The third-order valence-corrected chi connectivity index (χ3v) is 3.58. The standard InChI is InChI=1S/C11H13Cl2NO2S/c12-9-2-1-8(10(13)5-9)7-17-4-3-14-11(16)6-15/h1-2,5,15H,3-4,6-7H2,(H,14,16). The molecule has 1 amide bonds. The molecule has 0 bridgehead atoms. The first kappa shape index (κ1) is 14.6. The van der Waals surface area contributed by atoms with Crippen molar-refractivity contribution in [1.29, 1.82) is 0 Å². The molecule has 0 saturated heterocycles. The van der Waals surface area contributed by atoms with Gasteiger partial charge in [-0.2, -0.15) is 11.8 Å². The number of thioether (sulfide) groups is 1. The van der Waals surface area contributed by atoms with Gasteiger partial charge >= 0.3 is 0 Å². The number of aliphatic hydroxyl groups is 1. The van der Waals surface area contributed by atoms with Gasteiger partial charge in [0.1, 0.15) is 6.61 Å². The van der Waals surface area contributed by atoms with Crippen molar-refractivity contribution in [3.8, 4) is 0 Å². The molecule has 3 nitrogen and oxygen atoms in total. The highest BCUT2D eigenvalue weighted by Gasteiger charge is 2.02. The summed E-state index contributed by atoms with van der Waals surface area (Å²) in [6, 6.07) is 5.41. The van der Waals surface area contributed by atoms with Crippen molar-refractivity contribution in [2.24, 2.45) is 0 Å². The van der Waals surface area contributed by atoms with Gasteiger partial charge in [0.25, 0.3) is 0 Å². The van der Waals surface area contributed by atoms with Crippen LogP contribution in [0.3, 0.4) is 0 Å². The van der Waals surface area contributed by atoms with Gasteiger partial charge in [0.2, 0.25) is 5.91 Å². The first-order valence-electron chi connectivity index (χ1n) is 5.02. The maximum Gasteiger partial charge on any atom is 0.245 e.